The van der Waals surface area contributed by atoms with Gasteiger partial charge in [0.05, 0.1) is 11.3 Å². The molecule has 9 heteroatoms. The van der Waals surface area contributed by atoms with Crippen molar-refractivity contribution < 1.29 is 14.0 Å². The van der Waals surface area contributed by atoms with Gasteiger partial charge in [0.25, 0.3) is 5.91 Å². The molecule has 0 saturated carbocycles. The summed E-state index contributed by atoms with van der Waals surface area (Å²) in [5, 5.41) is 9.86. The molecule has 8 nitrogen and oxygen atoms in total. The summed E-state index contributed by atoms with van der Waals surface area (Å²) in [5.41, 5.74) is 2.81. The Morgan fingerprint density at radius 3 is 2.73 bits per heavy atom. The van der Waals surface area contributed by atoms with E-state index in [1.165, 1.54) is 18.2 Å². The van der Waals surface area contributed by atoms with Gasteiger partial charge in [-0.3, -0.25) is 4.79 Å². The molecule has 3 heterocycles. The number of carbonyl (C=O) groups is 2. The molecule has 1 fully saturated rings. The Labute approximate surface area is 191 Å². The number of halogens is 1. The van der Waals surface area contributed by atoms with E-state index in [1.807, 2.05) is 19.9 Å². The van der Waals surface area contributed by atoms with Gasteiger partial charge in [0.2, 0.25) is 0 Å². The second-order valence-electron chi connectivity index (χ2n) is 8.35. The van der Waals surface area contributed by atoms with Crippen LogP contribution < -0.4 is 10.6 Å². The number of anilines is 1. The summed E-state index contributed by atoms with van der Waals surface area (Å²) < 4.78 is 15.0. The molecule has 1 aliphatic heterocycles. The Balaban J connectivity index is 1.31. The van der Waals surface area contributed by atoms with Gasteiger partial charge in [0.15, 0.2) is 5.82 Å². The third-order valence-electron chi connectivity index (χ3n) is 5.66. The molecule has 2 N–H and O–H groups in total. The van der Waals surface area contributed by atoms with Crippen molar-refractivity contribution in [2.24, 2.45) is 5.92 Å². The third kappa shape index (κ3) is 5.54. The minimum absolute atomic E-state index is 0.0728. The smallest absolute Gasteiger partial charge is 0.319 e. The molecular weight excluding hydrogens is 423 g/mol. The van der Waals surface area contributed by atoms with Gasteiger partial charge in [0.1, 0.15) is 5.82 Å². The quantitative estimate of drug-likeness (QED) is 0.620. The fraction of sp³-hybridized carbons (Fsp3) is 0.333. The number of nitrogens with zero attached hydrogens (tertiary/aromatic N) is 4. The number of carbonyl (C=O) groups excluding carboxylic acids is 2. The van der Waals surface area contributed by atoms with E-state index >= 15 is 0 Å². The predicted molar refractivity (Wildman–Crippen MR) is 123 cm³/mol. The average Bonchev–Trinajstić information content (AvgIpc) is 3.15. The van der Waals surface area contributed by atoms with Gasteiger partial charge >= 0.3 is 6.03 Å². The van der Waals surface area contributed by atoms with Crippen LogP contribution in [0.1, 0.15) is 34.6 Å². The van der Waals surface area contributed by atoms with Gasteiger partial charge < -0.3 is 15.5 Å². The third-order valence-corrected chi connectivity index (χ3v) is 5.66. The number of aromatic nitrogens is 3. The van der Waals surface area contributed by atoms with Crippen LogP contribution in [0.3, 0.4) is 0 Å². The number of hydrogen-bond donors (Lipinski definition) is 2. The zero-order valence-corrected chi connectivity index (χ0v) is 18.7. The molecule has 0 bridgehead atoms. The lowest BCUT2D eigenvalue weighted by Gasteiger charge is -2.33. The van der Waals surface area contributed by atoms with Crippen LogP contribution in [-0.2, 0) is 0 Å². The monoisotopic (exact) mass is 450 g/mol. The standard InChI is InChI=1S/C24H27FN6O2/c1-16-11-17(2)31(29-16)22-9-8-19(14-26-22)23(32)30-10-4-5-18(15-30)13-27-24(33)28-21-7-3-6-20(25)12-21/h3,6-9,11-12,14,18H,4-5,10,13,15H2,1-2H3,(H2,27,28,33). The number of rotatable bonds is 5. The highest BCUT2D eigenvalue weighted by molar-refractivity contribution is 5.94. The summed E-state index contributed by atoms with van der Waals surface area (Å²) in [7, 11) is 0. The van der Waals surface area contributed by atoms with E-state index < -0.39 is 11.8 Å². The summed E-state index contributed by atoms with van der Waals surface area (Å²) in [6, 6.07) is 10.9. The number of hydrogen-bond acceptors (Lipinski definition) is 4. The second-order valence-corrected chi connectivity index (χ2v) is 8.35. The molecule has 33 heavy (non-hydrogen) atoms. The van der Waals surface area contributed by atoms with E-state index in [0.29, 0.717) is 36.7 Å². The van der Waals surface area contributed by atoms with Crippen molar-refractivity contribution in [3.8, 4) is 5.82 Å². The SMILES string of the molecule is Cc1cc(C)n(-c2ccc(C(=O)N3CCCC(CNC(=O)Nc4cccc(F)c4)C3)cn2)n1. The van der Waals surface area contributed by atoms with Gasteiger partial charge in [-0.15, -0.1) is 0 Å². The maximum Gasteiger partial charge on any atom is 0.319 e. The molecule has 1 aromatic carbocycles. The lowest BCUT2D eigenvalue weighted by atomic mass is 9.97. The van der Waals surface area contributed by atoms with E-state index in [1.54, 1.807) is 34.0 Å². The zero-order valence-electron chi connectivity index (χ0n) is 18.7. The van der Waals surface area contributed by atoms with Crippen molar-refractivity contribution in [1.82, 2.24) is 25.0 Å². The Morgan fingerprint density at radius 1 is 1.18 bits per heavy atom. The first kappa shape index (κ1) is 22.4. The minimum atomic E-state index is -0.411. The van der Waals surface area contributed by atoms with Crippen molar-refractivity contribution in [3.05, 3.63) is 71.4 Å². The minimum Gasteiger partial charge on any atom is -0.338 e. The van der Waals surface area contributed by atoms with Crippen molar-refractivity contribution in [2.45, 2.75) is 26.7 Å². The Hall–Kier alpha value is -3.75. The van der Waals surface area contributed by atoms with Gasteiger partial charge in [-0.05, 0) is 69.0 Å². The fourth-order valence-electron chi connectivity index (χ4n) is 4.08. The lowest BCUT2D eigenvalue weighted by Crippen LogP contribution is -2.44. The molecule has 1 aliphatic rings. The number of benzene rings is 1. The molecule has 0 radical (unpaired) electrons. The van der Waals surface area contributed by atoms with E-state index in [2.05, 4.69) is 20.7 Å². The number of likely N-dealkylation sites (tertiary alicyclic amines) is 1. The van der Waals surface area contributed by atoms with Crippen LogP contribution >= 0.6 is 0 Å². The van der Waals surface area contributed by atoms with Crippen LogP contribution in [0.25, 0.3) is 5.82 Å². The van der Waals surface area contributed by atoms with Gasteiger partial charge in [-0.1, -0.05) is 6.07 Å². The summed E-state index contributed by atoms with van der Waals surface area (Å²) in [6.07, 6.45) is 3.36. The maximum absolute atomic E-state index is 13.3. The summed E-state index contributed by atoms with van der Waals surface area (Å²) in [4.78, 5) is 31.4. The van der Waals surface area contributed by atoms with E-state index in [0.717, 1.165) is 24.2 Å². The van der Waals surface area contributed by atoms with E-state index in [4.69, 9.17) is 0 Å². The van der Waals surface area contributed by atoms with Crippen LogP contribution in [0.15, 0.2) is 48.7 Å². The van der Waals surface area contributed by atoms with Crippen molar-refractivity contribution in [3.63, 3.8) is 0 Å². The summed E-state index contributed by atoms with van der Waals surface area (Å²) in [5.74, 6) is 0.327. The molecule has 0 spiro atoms. The van der Waals surface area contributed by atoms with Crippen LogP contribution in [0, 0.1) is 25.6 Å². The van der Waals surface area contributed by atoms with Crippen molar-refractivity contribution >= 4 is 17.6 Å². The number of urea groups is 1. The number of pyridine rings is 1. The fourth-order valence-corrected chi connectivity index (χ4v) is 4.08. The van der Waals surface area contributed by atoms with Crippen molar-refractivity contribution in [2.75, 3.05) is 25.0 Å². The molecule has 3 aromatic rings. The lowest BCUT2D eigenvalue weighted by molar-refractivity contribution is 0.0674. The van der Waals surface area contributed by atoms with Gasteiger partial charge in [0, 0.05) is 37.2 Å². The second kappa shape index (κ2) is 9.81. The highest BCUT2D eigenvalue weighted by Gasteiger charge is 2.25. The zero-order chi connectivity index (χ0) is 23.4. The summed E-state index contributed by atoms with van der Waals surface area (Å²) in [6.45, 7) is 5.54. The number of amides is 3. The first-order chi connectivity index (χ1) is 15.9. The normalized spacial score (nSPS) is 15.8. The highest BCUT2D eigenvalue weighted by atomic mass is 19.1. The van der Waals surface area contributed by atoms with Crippen LogP contribution in [0.2, 0.25) is 0 Å². The average molecular weight is 451 g/mol. The molecular formula is C24H27FN6O2. The topological polar surface area (TPSA) is 92.2 Å². The molecule has 3 amide bonds. The highest BCUT2D eigenvalue weighted by Crippen LogP contribution is 2.19. The van der Waals surface area contributed by atoms with E-state index in [9.17, 15) is 14.0 Å². The van der Waals surface area contributed by atoms with E-state index in [-0.39, 0.29) is 11.8 Å². The van der Waals surface area contributed by atoms with Crippen LogP contribution in [0.5, 0.6) is 0 Å². The van der Waals surface area contributed by atoms with Gasteiger partial charge in [-0.25, -0.2) is 18.9 Å². The largest absolute Gasteiger partial charge is 0.338 e. The number of nitrogens with one attached hydrogen (secondary N) is 2. The van der Waals surface area contributed by atoms with Crippen molar-refractivity contribution in [1.29, 1.82) is 0 Å². The predicted octanol–water partition coefficient (Wildman–Crippen LogP) is 3.70. The molecule has 172 valence electrons. The molecule has 4 rings (SSSR count). The number of aryl methyl sites for hydroxylation is 2. The first-order valence-corrected chi connectivity index (χ1v) is 11.0. The molecule has 1 saturated heterocycles. The molecule has 2 aromatic heterocycles. The first-order valence-electron chi connectivity index (χ1n) is 11.0. The molecule has 1 atom stereocenters. The maximum atomic E-state index is 13.3. The Bertz CT molecular complexity index is 1140. The van der Waals surface area contributed by atoms with Gasteiger partial charge in [-0.2, -0.15) is 5.10 Å². The Morgan fingerprint density at radius 2 is 2.03 bits per heavy atom. The van der Waals surface area contributed by atoms with Crippen LogP contribution in [0.4, 0.5) is 14.9 Å². The molecule has 1 unspecified atom stereocenters. The molecule has 0 aliphatic carbocycles. The van der Waals surface area contributed by atoms with Crippen LogP contribution in [-0.4, -0.2) is 51.2 Å². The summed E-state index contributed by atoms with van der Waals surface area (Å²) >= 11 is 0. The number of piperidine rings is 1. The Kier molecular flexibility index (Phi) is 6.67.